The standard InChI is InChI=1S/C52H35NO/c1-4-14-36(15-5-1)45-22-12-13-23-46(45)38-24-28-44(29-25-38)53(43-20-8-3-9-21-43)50-30-26-41(32-47(50)37-16-6-2-7-17-37)42-27-31-51-48(34-42)49-33-39-18-10-11-19-40(39)35-52(49)54-51/h1-35H. The molecule has 0 aliphatic rings. The minimum atomic E-state index is 0.897. The molecule has 10 rings (SSSR count). The van der Waals surface area contributed by atoms with Crippen LogP contribution in [0.3, 0.4) is 0 Å². The van der Waals surface area contributed by atoms with Gasteiger partial charge < -0.3 is 9.32 Å². The van der Waals surface area contributed by atoms with Crippen LogP contribution in [0.4, 0.5) is 17.1 Å². The number of hydrogen-bond acceptors (Lipinski definition) is 2. The minimum absolute atomic E-state index is 0.897. The summed E-state index contributed by atoms with van der Waals surface area (Å²) in [5.74, 6) is 0. The molecule has 54 heavy (non-hydrogen) atoms. The van der Waals surface area contributed by atoms with Crippen molar-refractivity contribution >= 4 is 49.8 Å². The molecular weight excluding hydrogens is 655 g/mol. The highest BCUT2D eigenvalue weighted by molar-refractivity contribution is 6.11. The third kappa shape index (κ3) is 5.71. The second kappa shape index (κ2) is 13.4. The van der Waals surface area contributed by atoms with Gasteiger partial charge in [0.15, 0.2) is 0 Å². The second-order valence-corrected chi connectivity index (χ2v) is 13.7. The second-order valence-electron chi connectivity index (χ2n) is 13.7. The van der Waals surface area contributed by atoms with Gasteiger partial charge in [-0.25, -0.2) is 0 Å². The van der Waals surface area contributed by atoms with E-state index in [4.69, 9.17) is 4.42 Å². The maximum Gasteiger partial charge on any atom is 0.136 e. The summed E-state index contributed by atoms with van der Waals surface area (Å²) in [6, 6.07) is 75.9. The summed E-state index contributed by atoms with van der Waals surface area (Å²) < 4.78 is 6.35. The summed E-state index contributed by atoms with van der Waals surface area (Å²) in [5.41, 5.74) is 14.5. The normalized spacial score (nSPS) is 11.3. The molecule has 0 aliphatic heterocycles. The van der Waals surface area contributed by atoms with Crippen molar-refractivity contribution in [1.82, 2.24) is 0 Å². The highest BCUT2D eigenvalue weighted by atomic mass is 16.3. The first-order valence-electron chi connectivity index (χ1n) is 18.4. The van der Waals surface area contributed by atoms with Gasteiger partial charge in [-0.3, -0.25) is 0 Å². The Labute approximate surface area is 314 Å². The summed E-state index contributed by atoms with van der Waals surface area (Å²) in [6.45, 7) is 0. The molecule has 2 nitrogen and oxygen atoms in total. The lowest BCUT2D eigenvalue weighted by Gasteiger charge is -2.28. The van der Waals surface area contributed by atoms with Gasteiger partial charge in [0.1, 0.15) is 11.2 Å². The average molecular weight is 690 g/mol. The van der Waals surface area contributed by atoms with Crippen LogP contribution in [0.1, 0.15) is 0 Å². The number of anilines is 3. The average Bonchev–Trinajstić information content (AvgIpc) is 3.61. The Morgan fingerprint density at radius 1 is 0.296 bits per heavy atom. The molecule has 2 heteroatoms. The van der Waals surface area contributed by atoms with Crippen molar-refractivity contribution in [3.63, 3.8) is 0 Å². The molecule has 9 aromatic carbocycles. The first-order chi connectivity index (χ1) is 26.8. The summed E-state index contributed by atoms with van der Waals surface area (Å²) in [5, 5.41) is 4.65. The molecule has 0 atom stereocenters. The fraction of sp³-hybridized carbons (Fsp3) is 0. The zero-order valence-electron chi connectivity index (χ0n) is 29.6. The third-order valence-corrected chi connectivity index (χ3v) is 10.5. The van der Waals surface area contributed by atoms with Crippen LogP contribution in [-0.4, -0.2) is 0 Å². The Bertz CT molecular complexity index is 2910. The lowest BCUT2D eigenvalue weighted by Crippen LogP contribution is -2.11. The van der Waals surface area contributed by atoms with Crippen LogP contribution in [0.2, 0.25) is 0 Å². The van der Waals surface area contributed by atoms with Crippen molar-refractivity contribution in [1.29, 1.82) is 0 Å². The number of benzene rings is 9. The van der Waals surface area contributed by atoms with E-state index in [1.807, 2.05) is 0 Å². The van der Waals surface area contributed by atoms with Crippen molar-refractivity contribution in [3.8, 4) is 44.5 Å². The van der Waals surface area contributed by atoms with Gasteiger partial charge >= 0.3 is 0 Å². The Hall–Kier alpha value is -7.16. The van der Waals surface area contributed by atoms with Gasteiger partial charge in [0.25, 0.3) is 0 Å². The topological polar surface area (TPSA) is 16.4 Å². The van der Waals surface area contributed by atoms with Gasteiger partial charge in [-0.2, -0.15) is 0 Å². The van der Waals surface area contributed by atoms with E-state index in [1.54, 1.807) is 0 Å². The van der Waals surface area contributed by atoms with E-state index in [0.29, 0.717) is 0 Å². The molecule has 0 spiro atoms. The van der Waals surface area contributed by atoms with Crippen LogP contribution < -0.4 is 4.90 Å². The summed E-state index contributed by atoms with van der Waals surface area (Å²) >= 11 is 0. The zero-order chi connectivity index (χ0) is 35.8. The van der Waals surface area contributed by atoms with E-state index in [0.717, 1.165) is 61.3 Å². The van der Waals surface area contributed by atoms with Crippen LogP contribution in [0, 0.1) is 0 Å². The lowest BCUT2D eigenvalue weighted by atomic mass is 9.94. The van der Waals surface area contributed by atoms with Crippen molar-refractivity contribution in [3.05, 3.63) is 212 Å². The molecule has 0 amide bonds. The molecule has 0 fully saturated rings. The molecular formula is C52H35NO. The molecule has 0 radical (unpaired) electrons. The molecule has 10 aromatic rings. The predicted molar refractivity (Wildman–Crippen MR) is 228 cm³/mol. The number of rotatable bonds is 7. The molecule has 0 aliphatic carbocycles. The van der Waals surface area contributed by atoms with Gasteiger partial charge in [-0.1, -0.05) is 152 Å². The maximum absolute atomic E-state index is 6.35. The molecule has 254 valence electrons. The van der Waals surface area contributed by atoms with Crippen LogP contribution in [-0.2, 0) is 0 Å². The number of fused-ring (bicyclic) bond motifs is 4. The number of hydrogen-bond donors (Lipinski definition) is 0. The molecule has 0 unspecified atom stereocenters. The summed E-state index contributed by atoms with van der Waals surface area (Å²) in [7, 11) is 0. The number of furan rings is 1. The van der Waals surface area contributed by atoms with Gasteiger partial charge in [-0.15, -0.1) is 0 Å². The van der Waals surface area contributed by atoms with E-state index >= 15 is 0 Å². The SMILES string of the molecule is c1ccc(-c2ccccc2-c2ccc(N(c3ccccc3)c3ccc(-c4ccc5oc6cc7ccccc7cc6c5c4)cc3-c3ccccc3)cc2)cc1. The van der Waals surface area contributed by atoms with Crippen molar-refractivity contribution in [2.75, 3.05) is 4.90 Å². The minimum Gasteiger partial charge on any atom is -0.456 e. The highest BCUT2D eigenvalue weighted by Gasteiger charge is 2.19. The third-order valence-electron chi connectivity index (χ3n) is 10.5. The van der Waals surface area contributed by atoms with Crippen molar-refractivity contribution < 1.29 is 4.42 Å². The predicted octanol–water partition coefficient (Wildman–Crippen LogP) is 14.9. The smallest absolute Gasteiger partial charge is 0.136 e. The zero-order valence-corrected chi connectivity index (χ0v) is 29.6. The van der Waals surface area contributed by atoms with Gasteiger partial charge in [-0.05, 0) is 110 Å². The Kier molecular flexibility index (Phi) is 7.85. The lowest BCUT2D eigenvalue weighted by molar-refractivity contribution is 0.669. The van der Waals surface area contributed by atoms with E-state index in [9.17, 15) is 0 Å². The van der Waals surface area contributed by atoms with E-state index in [2.05, 4.69) is 217 Å². The van der Waals surface area contributed by atoms with Crippen molar-refractivity contribution in [2.45, 2.75) is 0 Å². The molecule has 1 heterocycles. The fourth-order valence-corrected chi connectivity index (χ4v) is 7.80. The molecule has 0 saturated carbocycles. The summed E-state index contributed by atoms with van der Waals surface area (Å²) in [6.07, 6.45) is 0. The van der Waals surface area contributed by atoms with E-state index in [1.165, 1.54) is 33.0 Å². The number of nitrogens with zero attached hydrogens (tertiary/aromatic N) is 1. The molecule has 0 N–H and O–H groups in total. The summed E-state index contributed by atoms with van der Waals surface area (Å²) in [4.78, 5) is 2.37. The Morgan fingerprint density at radius 3 is 1.46 bits per heavy atom. The van der Waals surface area contributed by atoms with Gasteiger partial charge in [0.05, 0.1) is 5.69 Å². The van der Waals surface area contributed by atoms with Crippen LogP contribution in [0.25, 0.3) is 77.2 Å². The number of para-hydroxylation sites is 1. The van der Waals surface area contributed by atoms with Crippen LogP contribution in [0.15, 0.2) is 217 Å². The first-order valence-corrected chi connectivity index (χ1v) is 18.4. The van der Waals surface area contributed by atoms with Gasteiger partial charge in [0.2, 0.25) is 0 Å². The maximum atomic E-state index is 6.35. The Morgan fingerprint density at radius 2 is 0.778 bits per heavy atom. The fourth-order valence-electron chi connectivity index (χ4n) is 7.80. The Balaban J connectivity index is 1.10. The van der Waals surface area contributed by atoms with E-state index in [-0.39, 0.29) is 0 Å². The van der Waals surface area contributed by atoms with Gasteiger partial charge in [0, 0.05) is 27.7 Å². The largest absolute Gasteiger partial charge is 0.456 e. The quantitative estimate of drug-likeness (QED) is 0.166. The van der Waals surface area contributed by atoms with E-state index < -0.39 is 0 Å². The molecule has 0 saturated heterocycles. The van der Waals surface area contributed by atoms with Crippen LogP contribution >= 0.6 is 0 Å². The first kappa shape index (κ1) is 31.6. The molecule has 1 aromatic heterocycles. The van der Waals surface area contributed by atoms with Crippen LogP contribution in [0.5, 0.6) is 0 Å². The monoisotopic (exact) mass is 689 g/mol. The molecule has 0 bridgehead atoms. The highest BCUT2D eigenvalue weighted by Crippen LogP contribution is 2.44. The van der Waals surface area contributed by atoms with Crippen molar-refractivity contribution in [2.24, 2.45) is 0 Å².